The van der Waals surface area contributed by atoms with E-state index in [1.807, 2.05) is 23.1 Å². The van der Waals surface area contributed by atoms with Crippen LogP contribution in [0.15, 0.2) is 18.2 Å². The van der Waals surface area contributed by atoms with Crippen molar-refractivity contribution in [2.45, 2.75) is 32.4 Å². The van der Waals surface area contributed by atoms with Crippen LogP contribution in [0.3, 0.4) is 0 Å². The molecule has 7 heteroatoms. The summed E-state index contributed by atoms with van der Waals surface area (Å²) in [7, 11) is 1.73. The first-order valence-corrected chi connectivity index (χ1v) is 10.6. The Morgan fingerprint density at radius 3 is 2.71 bits per heavy atom. The Hall–Kier alpha value is -1.34. The van der Waals surface area contributed by atoms with Crippen LogP contribution in [0.4, 0.5) is 0 Å². The second-order valence-electron chi connectivity index (χ2n) is 7.60. The van der Waals surface area contributed by atoms with E-state index >= 15 is 0 Å². The SMILES string of the molecule is CCC1CN(CCC(=O)N2CCN(CCOC)CC2)Cc2ccc(Cl)cc2O1. The first-order chi connectivity index (χ1) is 13.6. The molecule has 3 rings (SSSR count). The fourth-order valence-electron chi connectivity index (χ4n) is 3.81. The molecule has 2 aliphatic rings. The van der Waals surface area contributed by atoms with E-state index in [9.17, 15) is 4.79 Å². The van der Waals surface area contributed by atoms with Crippen molar-refractivity contribution in [1.82, 2.24) is 14.7 Å². The van der Waals surface area contributed by atoms with Crippen molar-refractivity contribution in [2.24, 2.45) is 0 Å². The molecule has 1 amide bonds. The lowest BCUT2D eigenvalue weighted by Gasteiger charge is -2.35. The number of methoxy groups -OCH3 is 1. The van der Waals surface area contributed by atoms with Crippen molar-refractivity contribution in [3.8, 4) is 5.75 Å². The van der Waals surface area contributed by atoms with Gasteiger partial charge < -0.3 is 14.4 Å². The molecule has 0 radical (unpaired) electrons. The Kier molecular flexibility index (Phi) is 7.97. The summed E-state index contributed by atoms with van der Waals surface area (Å²) in [5, 5.41) is 0.696. The Morgan fingerprint density at radius 2 is 2.00 bits per heavy atom. The normalized spacial score (nSPS) is 21.1. The highest BCUT2D eigenvalue weighted by molar-refractivity contribution is 6.30. The summed E-state index contributed by atoms with van der Waals surface area (Å²) in [5.41, 5.74) is 1.14. The molecule has 28 heavy (non-hydrogen) atoms. The first-order valence-electron chi connectivity index (χ1n) is 10.3. The van der Waals surface area contributed by atoms with E-state index in [0.717, 1.165) is 76.7 Å². The molecule has 156 valence electrons. The van der Waals surface area contributed by atoms with Crippen molar-refractivity contribution in [1.29, 1.82) is 0 Å². The summed E-state index contributed by atoms with van der Waals surface area (Å²) in [6.07, 6.45) is 1.61. The lowest BCUT2D eigenvalue weighted by atomic mass is 10.2. The number of nitrogens with zero attached hydrogens (tertiary/aromatic N) is 3. The maximum absolute atomic E-state index is 12.7. The van der Waals surface area contributed by atoms with Crippen molar-refractivity contribution in [3.05, 3.63) is 28.8 Å². The van der Waals surface area contributed by atoms with Gasteiger partial charge in [0.15, 0.2) is 0 Å². The topological polar surface area (TPSA) is 45.3 Å². The molecule has 0 saturated carbocycles. The minimum Gasteiger partial charge on any atom is -0.489 e. The number of rotatable bonds is 7. The number of ether oxygens (including phenoxy) is 2. The van der Waals surface area contributed by atoms with E-state index in [0.29, 0.717) is 11.4 Å². The summed E-state index contributed by atoms with van der Waals surface area (Å²) < 4.78 is 11.3. The largest absolute Gasteiger partial charge is 0.489 e. The third-order valence-corrected chi connectivity index (χ3v) is 5.85. The third-order valence-electron chi connectivity index (χ3n) is 5.61. The molecule has 1 saturated heterocycles. The van der Waals surface area contributed by atoms with E-state index in [4.69, 9.17) is 21.1 Å². The van der Waals surface area contributed by atoms with E-state index < -0.39 is 0 Å². The summed E-state index contributed by atoms with van der Waals surface area (Å²) in [6, 6.07) is 5.84. The fraction of sp³-hybridized carbons (Fsp3) is 0.667. The highest BCUT2D eigenvalue weighted by Crippen LogP contribution is 2.29. The number of fused-ring (bicyclic) bond motifs is 1. The fourth-order valence-corrected chi connectivity index (χ4v) is 3.98. The van der Waals surface area contributed by atoms with Crippen LogP contribution in [0.5, 0.6) is 5.75 Å². The molecule has 0 aromatic heterocycles. The minimum atomic E-state index is 0.124. The molecule has 0 bridgehead atoms. The van der Waals surface area contributed by atoms with Gasteiger partial charge in [-0.15, -0.1) is 0 Å². The van der Waals surface area contributed by atoms with Crippen molar-refractivity contribution >= 4 is 17.5 Å². The van der Waals surface area contributed by atoms with Crippen molar-refractivity contribution < 1.29 is 14.3 Å². The van der Waals surface area contributed by atoms with Crippen LogP contribution in [0, 0.1) is 0 Å². The standard InChI is InChI=1S/C21H32ClN3O3/c1-3-19-16-24(15-17-4-5-18(22)14-20(17)28-19)7-6-21(26)25-10-8-23(9-11-25)12-13-27-2/h4-5,14,19H,3,6-13,15-16H2,1-2H3. The van der Waals surface area contributed by atoms with Crippen LogP contribution in [0.2, 0.25) is 5.02 Å². The molecule has 1 unspecified atom stereocenters. The second kappa shape index (κ2) is 10.4. The van der Waals surface area contributed by atoms with Crippen LogP contribution in [-0.2, 0) is 16.1 Å². The van der Waals surface area contributed by atoms with Gasteiger partial charge in [0.1, 0.15) is 11.9 Å². The van der Waals surface area contributed by atoms with Gasteiger partial charge in [0.05, 0.1) is 6.61 Å². The minimum absolute atomic E-state index is 0.124. The number of piperazine rings is 1. The number of halogens is 1. The molecular formula is C21H32ClN3O3. The lowest BCUT2D eigenvalue weighted by molar-refractivity contribution is -0.133. The summed E-state index contributed by atoms with van der Waals surface area (Å²) in [6.45, 7) is 9.68. The van der Waals surface area contributed by atoms with Crippen LogP contribution >= 0.6 is 11.6 Å². The summed E-state index contributed by atoms with van der Waals surface area (Å²) >= 11 is 6.13. The number of hydrogen-bond acceptors (Lipinski definition) is 5. The number of hydrogen-bond donors (Lipinski definition) is 0. The van der Waals surface area contributed by atoms with Gasteiger partial charge in [-0.3, -0.25) is 14.6 Å². The van der Waals surface area contributed by atoms with Crippen molar-refractivity contribution in [2.75, 3.05) is 59.5 Å². The summed E-state index contributed by atoms with van der Waals surface area (Å²) in [4.78, 5) is 19.4. The highest BCUT2D eigenvalue weighted by Gasteiger charge is 2.25. The van der Waals surface area contributed by atoms with E-state index in [2.05, 4.69) is 16.7 Å². The second-order valence-corrected chi connectivity index (χ2v) is 8.04. The van der Waals surface area contributed by atoms with Gasteiger partial charge in [0.25, 0.3) is 0 Å². The van der Waals surface area contributed by atoms with E-state index in [1.165, 1.54) is 0 Å². The van der Waals surface area contributed by atoms with Gasteiger partial charge in [0.2, 0.25) is 5.91 Å². The van der Waals surface area contributed by atoms with Crippen LogP contribution < -0.4 is 4.74 Å². The zero-order valence-corrected chi connectivity index (χ0v) is 17.8. The van der Waals surface area contributed by atoms with Crippen LogP contribution in [-0.4, -0.2) is 86.2 Å². The number of amides is 1. The number of carbonyl (C=O) groups excluding carboxylic acids is 1. The van der Waals surface area contributed by atoms with Crippen LogP contribution in [0.25, 0.3) is 0 Å². The predicted molar refractivity (Wildman–Crippen MR) is 111 cm³/mol. The molecule has 0 spiro atoms. The maximum Gasteiger partial charge on any atom is 0.223 e. The quantitative estimate of drug-likeness (QED) is 0.692. The van der Waals surface area contributed by atoms with Gasteiger partial charge >= 0.3 is 0 Å². The highest BCUT2D eigenvalue weighted by atomic mass is 35.5. The maximum atomic E-state index is 12.7. The molecule has 1 fully saturated rings. The predicted octanol–water partition coefficient (Wildman–Crippen LogP) is 2.49. The molecule has 6 nitrogen and oxygen atoms in total. The monoisotopic (exact) mass is 409 g/mol. The molecule has 0 aliphatic carbocycles. The van der Waals surface area contributed by atoms with Gasteiger partial charge in [-0.1, -0.05) is 24.6 Å². The van der Waals surface area contributed by atoms with E-state index in [-0.39, 0.29) is 12.0 Å². The Bertz CT molecular complexity index is 650. The first kappa shape index (κ1) is 21.4. The number of carbonyl (C=O) groups is 1. The molecule has 2 heterocycles. The molecule has 2 aliphatic heterocycles. The molecule has 0 N–H and O–H groups in total. The average Bonchev–Trinajstić information content (AvgIpc) is 2.89. The molecule has 1 aromatic carbocycles. The van der Waals surface area contributed by atoms with Gasteiger partial charge in [-0.05, 0) is 18.6 Å². The van der Waals surface area contributed by atoms with Gasteiger partial charge in [-0.25, -0.2) is 0 Å². The van der Waals surface area contributed by atoms with Crippen LogP contribution in [0.1, 0.15) is 25.3 Å². The zero-order chi connectivity index (χ0) is 19.9. The smallest absolute Gasteiger partial charge is 0.223 e. The Labute approximate surface area is 173 Å². The van der Waals surface area contributed by atoms with Crippen molar-refractivity contribution in [3.63, 3.8) is 0 Å². The summed E-state index contributed by atoms with van der Waals surface area (Å²) in [5.74, 6) is 1.13. The van der Waals surface area contributed by atoms with Gasteiger partial charge in [-0.2, -0.15) is 0 Å². The zero-order valence-electron chi connectivity index (χ0n) is 17.0. The molecular weight excluding hydrogens is 378 g/mol. The lowest BCUT2D eigenvalue weighted by Crippen LogP contribution is -2.49. The Balaban J connectivity index is 1.51. The molecule has 1 atom stereocenters. The molecule has 1 aromatic rings. The van der Waals surface area contributed by atoms with Gasteiger partial charge in [0, 0.05) is 76.5 Å². The number of benzene rings is 1. The Morgan fingerprint density at radius 1 is 1.21 bits per heavy atom. The third kappa shape index (κ3) is 5.83. The average molecular weight is 410 g/mol. The van der Waals surface area contributed by atoms with E-state index in [1.54, 1.807) is 7.11 Å².